The summed E-state index contributed by atoms with van der Waals surface area (Å²) < 4.78 is 5.49. The van der Waals surface area contributed by atoms with E-state index in [9.17, 15) is 4.79 Å². The van der Waals surface area contributed by atoms with E-state index in [0.29, 0.717) is 12.4 Å². The van der Waals surface area contributed by atoms with Crippen molar-refractivity contribution in [3.8, 4) is 5.75 Å². The smallest absolute Gasteiger partial charge is 0.165 e. The molecule has 1 aromatic rings. The van der Waals surface area contributed by atoms with Crippen molar-refractivity contribution in [2.24, 2.45) is 5.92 Å². The molecule has 0 N–H and O–H groups in total. The van der Waals surface area contributed by atoms with Crippen LogP contribution in [0.4, 0.5) is 0 Å². The number of hydrogen-bond donors (Lipinski definition) is 0. The number of aryl methyl sites for hydroxylation is 1. The first-order valence-electron chi connectivity index (χ1n) is 6.50. The lowest BCUT2D eigenvalue weighted by atomic mass is 9.95. The first-order valence-corrected chi connectivity index (χ1v) is 6.50. The minimum Gasteiger partial charge on any atom is -0.494 e. The van der Waals surface area contributed by atoms with E-state index in [1.165, 1.54) is 12.8 Å². The Morgan fingerprint density at radius 3 is 2.65 bits per heavy atom. The SMILES string of the molecule is CCOc1ccc(C(=O)C2CCCC2)cc1C. The van der Waals surface area contributed by atoms with E-state index in [1.807, 2.05) is 32.0 Å². The van der Waals surface area contributed by atoms with Gasteiger partial charge in [-0.2, -0.15) is 0 Å². The highest BCUT2D eigenvalue weighted by Crippen LogP contribution is 2.29. The Balaban J connectivity index is 2.16. The van der Waals surface area contributed by atoms with Gasteiger partial charge in [0.25, 0.3) is 0 Å². The van der Waals surface area contributed by atoms with Gasteiger partial charge in [-0.1, -0.05) is 12.8 Å². The summed E-state index contributed by atoms with van der Waals surface area (Å²) in [5, 5.41) is 0. The highest BCUT2D eigenvalue weighted by atomic mass is 16.5. The van der Waals surface area contributed by atoms with E-state index < -0.39 is 0 Å². The van der Waals surface area contributed by atoms with Crippen molar-refractivity contribution >= 4 is 5.78 Å². The molecule has 1 aromatic carbocycles. The molecular weight excluding hydrogens is 212 g/mol. The first kappa shape index (κ1) is 12.2. The van der Waals surface area contributed by atoms with Crippen molar-refractivity contribution in [2.45, 2.75) is 39.5 Å². The number of benzene rings is 1. The minimum absolute atomic E-state index is 0.257. The minimum atomic E-state index is 0.257. The molecule has 1 fully saturated rings. The summed E-state index contributed by atoms with van der Waals surface area (Å²) in [5.41, 5.74) is 1.90. The summed E-state index contributed by atoms with van der Waals surface area (Å²) >= 11 is 0. The number of Topliss-reactive ketones (excluding diaryl/α,β-unsaturated/α-hetero) is 1. The van der Waals surface area contributed by atoms with Crippen molar-refractivity contribution in [2.75, 3.05) is 6.61 Å². The molecule has 2 rings (SSSR count). The van der Waals surface area contributed by atoms with Crippen LogP contribution >= 0.6 is 0 Å². The van der Waals surface area contributed by atoms with Crippen molar-refractivity contribution in [3.05, 3.63) is 29.3 Å². The molecule has 0 atom stereocenters. The molecule has 0 bridgehead atoms. The molecular formula is C15H20O2. The Morgan fingerprint density at radius 2 is 2.06 bits per heavy atom. The largest absolute Gasteiger partial charge is 0.494 e. The predicted octanol–water partition coefficient (Wildman–Crippen LogP) is 3.77. The molecule has 1 saturated carbocycles. The maximum Gasteiger partial charge on any atom is 0.165 e. The summed E-state index contributed by atoms with van der Waals surface area (Å²) in [4.78, 5) is 12.2. The molecule has 0 spiro atoms. The van der Waals surface area contributed by atoms with Crippen LogP contribution in [0.3, 0.4) is 0 Å². The molecule has 0 amide bonds. The van der Waals surface area contributed by atoms with Gasteiger partial charge in [0.2, 0.25) is 0 Å². The molecule has 0 radical (unpaired) electrons. The fourth-order valence-electron chi connectivity index (χ4n) is 2.54. The zero-order valence-corrected chi connectivity index (χ0v) is 10.7. The quantitative estimate of drug-likeness (QED) is 0.739. The Labute approximate surface area is 103 Å². The van der Waals surface area contributed by atoms with Gasteiger partial charge < -0.3 is 4.74 Å². The van der Waals surface area contributed by atoms with Crippen LogP contribution in [-0.2, 0) is 0 Å². The van der Waals surface area contributed by atoms with Crippen LogP contribution in [0.2, 0.25) is 0 Å². The molecule has 0 aliphatic heterocycles. The van der Waals surface area contributed by atoms with Gasteiger partial charge in [0, 0.05) is 11.5 Å². The number of rotatable bonds is 4. The summed E-state index contributed by atoms with van der Waals surface area (Å²) in [6.07, 6.45) is 4.52. The van der Waals surface area contributed by atoms with Gasteiger partial charge in [0.1, 0.15) is 5.75 Å². The van der Waals surface area contributed by atoms with Crippen molar-refractivity contribution in [1.82, 2.24) is 0 Å². The highest BCUT2D eigenvalue weighted by molar-refractivity contribution is 5.98. The normalized spacial score (nSPS) is 16.1. The third-order valence-electron chi connectivity index (χ3n) is 3.49. The van der Waals surface area contributed by atoms with Crippen LogP contribution in [0.5, 0.6) is 5.75 Å². The van der Waals surface area contributed by atoms with Crippen molar-refractivity contribution in [1.29, 1.82) is 0 Å². The summed E-state index contributed by atoms with van der Waals surface area (Å²) in [5.74, 6) is 1.46. The topological polar surface area (TPSA) is 26.3 Å². The molecule has 0 unspecified atom stereocenters. The average Bonchev–Trinajstić information content (AvgIpc) is 2.84. The van der Waals surface area contributed by atoms with E-state index >= 15 is 0 Å². The van der Waals surface area contributed by atoms with Gasteiger partial charge >= 0.3 is 0 Å². The standard InChI is InChI=1S/C15H20O2/c1-3-17-14-9-8-13(10-11(14)2)15(16)12-6-4-5-7-12/h8-10,12H,3-7H2,1-2H3. The van der Waals surface area contributed by atoms with Crippen LogP contribution < -0.4 is 4.74 Å². The second kappa shape index (κ2) is 5.35. The maximum absolute atomic E-state index is 12.2. The molecule has 0 aromatic heterocycles. The van der Waals surface area contributed by atoms with Gasteiger partial charge in [0.15, 0.2) is 5.78 Å². The van der Waals surface area contributed by atoms with Crippen LogP contribution in [0, 0.1) is 12.8 Å². The monoisotopic (exact) mass is 232 g/mol. The fraction of sp³-hybridized carbons (Fsp3) is 0.533. The third-order valence-corrected chi connectivity index (χ3v) is 3.49. The van der Waals surface area contributed by atoms with Gasteiger partial charge in [-0.15, -0.1) is 0 Å². The lowest BCUT2D eigenvalue weighted by Gasteiger charge is -2.11. The summed E-state index contributed by atoms with van der Waals surface area (Å²) in [6.45, 7) is 4.63. The molecule has 1 aliphatic rings. The summed E-state index contributed by atoms with van der Waals surface area (Å²) in [6, 6.07) is 5.78. The molecule has 0 heterocycles. The molecule has 2 heteroatoms. The van der Waals surface area contributed by atoms with E-state index in [4.69, 9.17) is 4.74 Å². The molecule has 0 saturated heterocycles. The van der Waals surface area contributed by atoms with Gasteiger partial charge in [-0.05, 0) is 50.5 Å². The Morgan fingerprint density at radius 1 is 1.35 bits per heavy atom. The molecule has 17 heavy (non-hydrogen) atoms. The van der Waals surface area contributed by atoms with Crippen LogP contribution in [0.25, 0.3) is 0 Å². The van der Waals surface area contributed by atoms with E-state index in [2.05, 4.69) is 0 Å². The number of ether oxygens (including phenoxy) is 1. The van der Waals surface area contributed by atoms with Gasteiger partial charge in [-0.3, -0.25) is 4.79 Å². The van der Waals surface area contributed by atoms with E-state index in [1.54, 1.807) is 0 Å². The molecule has 92 valence electrons. The lowest BCUT2D eigenvalue weighted by Crippen LogP contribution is -2.11. The first-order chi connectivity index (χ1) is 8.22. The molecule has 2 nitrogen and oxygen atoms in total. The summed E-state index contributed by atoms with van der Waals surface area (Å²) in [7, 11) is 0. The Bertz CT molecular complexity index is 403. The second-order valence-electron chi connectivity index (χ2n) is 4.76. The van der Waals surface area contributed by atoms with E-state index in [-0.39, 0.29) is 5.92 Å². The van der Waals surface area contributed by atoms with Crippen LogP contribution in [0.1, 0.15) is 48.5 Å². The average molecular weight is 232 g/mol. The van der Waals surface area contributed by atoms with Crippen molar-refractivity contribution in [3.63, 3.8) is 0 Å². The number of hydrogen-bond acceptors (Lipinski definition) is 2. The maximum atomic E-state index is 12.2. The Kier molecular flexibility index (Phi) is 3.82. The van der Waals surface area contributed by atoms with Crippen LogP contribution in [0.15, 0.2) is 18.2 Å². The molecule has 1 aliphatic carbocycles. The fourth-order valence-corrected chi connectivity index (χ4v) is 2.54. The zero-order valence-electron chi connectivity index (χ0n) is 10.7. The third kappa shape index (κ3) is 2.68. The number of carbonyl (C=O) groups excluding carboxylic acids is 1. The van der Waals surface area contributed by atoms with E-state index in [0.717, 1.165) is 29.7 Å². The van der Waals surface area contributed by atoms with Gasteiger partial charge in [0.05, 0.1) is 6.61 Å². The van der Waals surface area contributed by atoms with Crippen molar-refractivity contribution < 1.29 is 9.53 Å². The Hall–Kier alpha value is -1.31. The second-order valence-corrected chi connectivity index (χ2v) is 4.76. The van der Waals surface area contributed by atoms with Gasteiger partial charge in [-0.25, -0.2) is 0 Å². The van der Waals surface area contributed by atoms with Crippen LogP contribution in [-0.4, -0.2) is 12.4 Å². The zero-order chi connectivity index (χ0) is 12.3. The predicted molar refractivity (Wildman–Crippen MR) is 68.6 cm³/mol. The number of ketones is 1. The lowest BCUT2D eigenvalue weighted by molar-refractivity contribution is 0.0922. The highest BCUT2D eigenvalue weighted by Gasteiger charge is 2.23. The number of carbonyl (C=O) groups is 1.